The molecule has 2 aromatic carbocycles. The lowest BCUT2D eigenvalue weighted by atomic mass is 10.1. The highest BCUT2D eigenvalue weighted by Crippen LogP contribution is 2.28. The molecule has 128 valence electrons. The lowest BCUT2D eigenvalue weighted by Gasteiger charge is -2.09. The van der Waals surface area contributed by atoms with Crippen LogP contribution in [0.2, 0.25) is 0 Å². The Morgan fingerprint density at radius 2 is 1.12 bits per heavy atom. The van der Waals surface area contributed by atoms with Crippen molar-refractivity contribution in [3.63, 3.8) is 0 Å². The van der Waals surface area contributed by atoms with Gasteiger partial charge in [0.05, 0.1) is 14.2 Å². The van der Waals surface area contributed by atoms with Crippen LogP contribution in [0.5, 0.6) is 23.0 Å². The van der Waals surface area contributed by atoms with Gasteiger partial charge in [-0.05, 0) is 38.1 Å². The number of ketones is 2. The van der Waals surface area contributed by atoms with Crippen LogP contribution in [0.3, 0.4) is 0 Å². The summed E-state index contributed by atoms with van der Waals surface area (Å²) in [7, 11) is 3.06. The van der Waals surface area contributed by atoms with E-state index in [1.54, 1.807) is 18.2 Å². The minimum Gasteiger partial charge on any atom is -0.507 e. The van der Waals surface area contributed by atoms with E-state index in [1.807, 2.05) is 0 Å². The molecule has 0 saturated heterocycles. The summed E-state index contributed by atoms with van der Waals surface area (Å²) >= 11 is 0. The zero-order valence-corrected chi connectivity index (χ0v) is 14.0. The molecule has 0 unspecified atom stereocenters. The number of aromatic hydroxyl groups is 2. The zero-order chi connectivity index (χ0) is 18.3. The van der Waals surface area contributed by atoms with Crippen molar-refractivity contribution in [3.05, 3.63) is 47.5 Å². The maximum atomic E-state index is 11.2. The summed E-state index contributed by atoms with van der Waals surface area (Å²) in [5.41, 5.74) is 0.472. The first-order valence-electron chi connectivity index (χ1n) is 7.07. The lowest BCUT2D eigenvalue weighted by molar-refractivity contribution is 0.0998. The van der Waals surface area contributed by atoms with Crippen LogP contribution in [0, 0.1) is 0 Å². The number of hydrogen-bond acceptors (Lipinski definition) is 6. The molecule has 0 amide bonds. The fourth-order valence-electron chi connectivity index (χ4n) is 2.09. The first-order chi connectivity index (χ1) is 11.3. The standard InChI is InChI=1S/C10H12O3.C8H8O3/c1-7(11)10-8(12-2)5-4-6-9(10)13-3;1-5(9)8-6(10)3-2-4-7(8)11/h4-6H,1-3H3;2-4,10-11H,1H3. The number of benzene rings is 2. The van der Waals surface area contributed by atoms with Crippen LogP contribution in [0.15, 0.2) is 36.4 Å². The SMILES string of the molecule is CC(=O)c1c(O)cccc1O.COc1cccc(OC)c1C(C)=O. The van der Waals surface area contributed by atoms with Gasteiger partial charge >= 0.3 is 0 Å². The van der Waals surface area contributed by atoms with E-state index < -0.39 is 0 Å². The van der Waals surface area contributed by atoms with Crippen molar-refractivity contribution in [1.29, 1.82) is 0 Å². The topological polar surface area (TPSA) is 93.1 Å². The molecule has 0 bridgehead atoms. The quantitative estimate of drug-likeness (QED) is 0.835. The van der Waals surface area contributed by atoms with Gasteiger partial charge in [0.1, 0.15) is 34.1 Å². The number of phenols is 2. The number of Topliss-reactive ketones (excluding diaryl/α,β-unsaturated/α-hetero) is 2. The molecule has 2 aromatic rings. The Kier molecular flexibility index (Phi) is 6.79. The van der Waals surface area contributed by atoms with Crippen molar-refractivity contribution in [3.8, 4) is 23.0 Å². The molecular formula is C18H20O6. The molecule has 0 spiro atoms. The Bertz CT molecular complexity index is 694. The smallest absolute Gasteiger partial charge is 0.167 e. The molecule has 24 heavy (non-hydrogen) atoms. The van der Waals surface area contributed by atoms with Crippen LogP contribution in [-0.4, -0.2) is 36.0 Å². The first kappa shape index (κ1) is 19.0. The monoisotopic (exact) mass is 332 g/mol. The van der Waals surface area contributed by atoms with Crippen LogP contribution in [-0.2, 0) is 0 Å². The van der Waals surface area contributed by atoms with E-state index in [1.165, 1.54) is 46.3 Å². The van der Waals surface area contributed by atoms with Crippen LogP contribution in [0.4, 0.5) is 0 Å². The molecular weight excluding hydrogens is 312 g/mol. The summed E-state index contributed by atoms with van der Waals surface area (Å²) in [6, 6.07) is 9.44. The second-order valence-electron chi connectivity index (χ2n) is 4.82. The van der Waals surface area contributed by atoms with Gasteiger partial charge in [-0.3, -0.25) is 9.59 Å². The summed E-state index contributed by atoms with van der Waals surface area (Å²) < 4.78 is 10.1. The molecule has 6 nitrogen and oxygen atoms in total. The van der Waals surface area contributed by atoms with Gasteiger partial charge in [0.2, 0.25) is 0 Å². The van der Waals surface area contributed by atoms with Crippen molar-refractivity contribution in [2.75, 3.05) is 14.2 Å². The van der Waals surface area contributed by atoms with Gasteiger partial charge in [0.25, 0.3) is 0 Å². The summed E-state index contributed by atoms with van der Waals surface area (Å²) in [5, 5.41) is 18.2. The van der Waals surface area contributed by atoms with E-state index >= 15 is 0 Å². The molecule has 0 aromatic heterocycles. The highest BCUT2D eigenvalue weighted by atomic mass is 16.5. The van der Waals surface area contributed by atoms with E-state index in [0.717, 1.165) is 0 Å². The Morgan fingerprint density at radius 1 is 0.750 bits per heavy atom. The highest BCUT2D eigenvalue weighted by molar-refractivity contribution is 6.00. The molecule has 0 fully saturated rings. The van der Waals surface area contributed by atoms with Gasteiger partial charge < -0.3 is 19.7 Å². The third kappa shape index (κ3) is 4.49. The Balaban J connectivity index is 0.000000243. The molecule has 2 rings (SSSR count). The van der Waals surface area contributed by atoms with Crippen molar-refractivity contribution < 1.29 is 29.3 Å². The van der Waals surface area contributed by atoms with Crippen LogP contribution in [0.1, 0.15) is 34.6 Å². The molecule has 0 aliphatic heterocycles. The van der Waals surface area contributed by atoms with Gasteiger partial charge in [-0.1, -0.05) is 12.1 Å². The number of methoxy groups -OCH3 is 2. The van der Waals surface area contributed by atoms with E-state index in [9.17, 15) is 9.59 Å². The normalized spacial score (nSPS) is 9.50. The highest BCUT2D eigenvalue weighted by Gasteiger charge is 2.13. The van der Waals surface area contributed by atoms with Gasteiger partial charge in [0.15, 0.2) is 11.6 Å². The van der Waals surface area contributed by atoms with Gasteiger partial charge in [-0.25, -0.2) is 0 Å². The van der Waals surface area contributed by atoms with Crippen molar-refractivity contribution in [2.45, 2.75) is 13.8 Å². The zero-order valence-electron chi connectivity index (χ0n) is 14.0. The molecule has 0 radical (unpaired) electrons. The summed E-state index contributed by atoms with van der Waals surface area (Å²) in [6.45, 7) is 2.77. The lowest BCUT2D eigenvalue weighted by Crippen LogP contribution is -2.00. The van der Waals surface area contributed by atoms with Crippen LogP contribution >= 0.6 is 0 Å². The number of carbonyl (C=O) groups excluding carboxylic acids is 2. The van der Waals surface area contributed by atoms with E-state index in [0.29, 0.717) is 17.1 Å². The first-order valence-corrected chi connectivity index (χ1v) is 7.07. The maximum absolute atomic E-state index is 11.2. The van der Waals surface area contributed by atoms with E-state index in [4.69, 9.17) is 19.7 Å². The fourth-order valence-corrected chi connectivity index (χ4v) is 2.09. The number of hydrogen-bond donors (Lipinski definition) is 2. The average Bonchev–Trinajstić information content (AvgIpc) is 2.53. The summed E-state index contributed by atoms with van der Waals surface area (Å²) in [5.74, 6) is 0.323. The van der Waals surface area contributed by atoms with E-state index in [-0.39, 0.29) is 28.6 Å². The molecule has 0 heterocycles. The minimum atomic E-state index is -0.347. The number of phenolic OH excluding ortho intramolecular Hbond substituents is 2. The molecule has 6 heteroatoms. The second kappa shape index (κ2) is 8.57. The average molecular weight is 332 g/mol. The second-order valence-corrected chi connectivity index (χ2v) is 4.82. The van der Waals surface area contributed by atoms with Gasteiger partial charge in [0, 0.05) is 0 Å². The molecule has 0 aliphatic rings. The van der Waals surface area contributed by atoms with Crippen molar-refractivity contribution >= 4 is 11.6 Å². The molecule has 0 aliphatic carbocycles. The predicted molar refractivity (Wildman–Crippen MR) is 89.3 cm³/mol. The minimum absolute atomic E-state index is 0.0208. The third-order valence-electron chi connectivity index (χ3n) is 3.15. The maximum Gasteiger partial charge on any atom is 0.167 e. The Hall–Kier alpha value is -3.02. The molecule has 2 N–H and O–H groups in total. The summed E-state index contributed by atoms with van der Waals surface area (Å²) in [6.07, 6.45) is 0. The number of carbonyl (C=O) groups is 2. The van der Waals surface area contributed by atoms with Crippen LogP contribution in [0.25, 0.3) is 0 Å². The van der Waals surface area contributed by atoms with Crippen molar-refractivity contribution in [1.82, 2.24) is 0 Å². The predicted octanol–water partition coefficient (Wildman–Crippen LogP) is 3.21. The van der Waals surface area contributed by atoms with Gasteiger partial charge in [-0.15, -0.1) is 0 Å². The third-order valence-corrected chi connectivity index (χ3v) is 3.15. The summed E-state index contributed by atoms with van der Waals surface area (Å²) in [4.78, 5) is 22.0. The number of ether oxygens (including phenoxy) is 2. The van der Waals surface area contributed by atoms with Crippen molar-refractivity contribution in [2.24, 2.45) is 0 Å². The number of rotatable bonds is 4. The van der Waals surface area contributed by atoms with Crippen LogP contribution < -0.4 is 9.47 Å². The fraction of sp³-hybridized carbons (Fsp3) is 0.222. The largest absolute Gasteiger partial charge is 0.507 e. The van der Waals surface area contributed by atoms with Gasteiger partial charge in [-0.2, -0.15) is 0 Å². The Morgan fingerprint density at radius 3 is 1.42 bits per heavy atom. The molecule has 0 atom stereocenters. The van der Waals surface area contributed by atoms with E-state index in [2.05, 4.69) is 0 Å². The Labute approximate surface area is 140 Å². The molecule has 0 saturated carbocycles.